The topological polar surface area (TPSA) is 73.1 Å². The fourth-order valence-corrected chi connectivity index (χ4v) is 1.97. The van der Waals surface area contributed by atoms with E-state index < -0.39 is 0 Å². The molecule has 0 aromatic carbocycles. The number of hydrogen-bond acceptors (Lipinski definition) is 5. The summed E-state index contributed by atoms with van der Waals surface area (Å²) in [6, 6.07) is 2.54. The zero-order valence-corrected chi connectivity index (χ0v) is 9.52. The van der Waals surface area contributed by atoms with Gasteiger partial charge in [0.25, 0.3) is 0 Å². The fourth-order valence-electron chi connectivity index (χ4n) is 1.97. The third kappa shape index (κ3) is 2.82. The van der Waals surface area contributed by atoms with Crippen LogP contribution in [0.2, 0.25) is 0 Å². The molecule has 1 aliphatic rings. The van der Waals surface area contributed by atoms with Crippen molar-refractivity contribution in [2.24, 2.45) is 5.73 Å². The SMILES string of the molecule is COc1ccnc(NC2CCC(N)CC2)n1. The van der Waals surface area contributed by atoms with Crippen LogP contribution in [0.4, 0.5) is 5.95 Å². The van der Waals surface area contributed by atoms with Crippen LogP contribution in [0.15, 0.2) is 12.3 Å². The molecule has 16 heavy (non-hydrogen) atoms. The number of methoxy groups -OCH3 is 1. The van der Waals surface area contributed by atoms with Crippen LogP contribution in [0, 0.1) is 0 Å². The molecule has 1 fully saturated rings. The molecule has 1 aromatic rings. The van der Waals surface area contributed by atoms with Gasteiger partial charge in [0.05, 0.1) is 7.11 Å². The number of hydrogen-bond donors (Lipinski definition) is 2. The standard InChI is InChI=1S/C11H18N4O/c1-16-10-6-7-13-11(15-10)14-9-4-2-8(12)3-5-9/h6-9H,2-5,12H2,1H3,(H,13,14,15). The second-order valence-electron chi connectivity index (χ2n) is 4.18. The minimum absolute atomic E-state index is 0.365. The average Bonchev–Trinajstić information content (AvgIpc) is 2.32. The first-order valence-corrected chi connectivity index (χ1v) is 5.67. The Labute approximate surface area is 95.4 Å². The van der Waals surface area contributed by atoms with Gasteiger partial charge < -0.3 is 15.8 Å². The smallest absolute Gasteiger partial charge is 0.226 e. The summed E-state index contributed by atoms with van der Waals surface area (Å²) in [6.45, 7) is 0. The van der Waals surface area contributed by atoms with Gasteiger partial charge in [0.15, 0.2) is 0 Å². The number of nitrogens with zero attached hydrogens (tertiary/aromatic N) is 2. The van der Waals surface area contributed by atoms with Crippen molar-refractivity contribution in [1.82, 2.24) is 9.97 Å². The maximum Gasteiger partial charge on any atom is 0.226 e. The van der Waals surface area contributed by atoms with Crippen molar-refractivity contribution in [3.05, 3.63) is 12.3 Å². The molecule has 2 rings (SSSR count). The first-order chi connectivity index (χ1) is 7.78. The van der Waals surface area contributed by atoms with E-state index in [1.54, 1.807) is 19.4 Å². The van der Waals surface area contributed by atoms with Crippen LogP contribution in [0.5, 0.6) is 5.88 Å². The lowest BCUT2D eigenvalue weighted by molar-refractivity contribution is 0.394. The van der Waals surface area contributed by atoms with Gasteiger partial charge in [0.1, 0.15) is 0 Å². The molecule has 3 N–H and O–H groups in total. The highest BCUT2D eigenvalue weighted by Gasteiger charge is 2.18. The molecule has 0 unspecified atom stereocenters. The number of ether oxygens (including phenoxy) is 1. The van der Waals surface area contributed by atoms with Gasteiger partial charge in [-0.3, -0.25) is 0 Å². The second kappa shape index (κ2) is 5.12. The monoisotopic (exact) mass is 222 g/mol. The van der Waals surface area contributed by atoms with Crippen LogP contribution in [-0.4, -0.2) is 29.2 Å². The predicted octanol–water partition coefficient (Wildman–Crippen LogP) is 1.17. The van der Waals surface area contributed by atoms with Crippen LogP contribution >= 0.6 is 0 Å². The lowest BCUT2D eigenvalue weighted by Gasteiger charge is -2.26. The predicted molar refractivity (Wildman–Crippen MR) is 62.4 cm³/mol. The van der Waals surface area contributed by atoms with Gasteiger partial charge in [0.2, 0.25) is 11.8 Å². The van der Waals surface area contributed by atoms with E-state index in [9.17, 15) is 0 Å². The van der Waals surface area contributed by atoms with E-state index in [0.29, 0.717) is 23.9 Å². The Morgan fingerprint density at radius 1 is 1.38 bits per heavy atom. The number of nitrogens with one attached hydrogen (secondary N) is 1. The summed E-state index contributed by atoms with van der Waals surface area (Å²) >= 11 is 0. The molecule has 0 spiro atoms. The van der Waals surface area contributed by atoms with Crippen LogP contribution in [0.1, 0.15) is 25.7 Å². The molecule has 0 radical (unpaired) electrons. The molecule has 0 bridgehead atoms. The second-order valence-corrected chi connectivity index (χ2v) is 4.18. The van der Waals surface area contributed by atoms with Crippen molar-refractivity contribution in [3.8, 4) is 5.88 Å². The van der Waals surface area contributed by atoms with Gasteiger partial charge in [-0.2, -0.15) is 4.98 Å². The van der Waals surface area contributed by atoms with Crippen LogP contribution < -0.4 is 15.8 Å². The molecule has 1 saturated carbocycles. The molecule has 5 heteroatoms. The Balaban J connectivity index is 1.93. The largest absolute Gasteiger partial charge is 0.481 e. The number of aromatic nitrogens is 2. The van der Waals surface area contributed by atoms with Gasteiger partial charge in [-0.15, -0.1) is 0 Å². The summed E-state index contributed by atoms with van der Waals surface area (Å²) in [5.74, 6) is 1.23. The van der Waals surface area contributed by atoms with Crippen LogP contribution in [0.25, 0.3) is 0 Å². The molecule has 0 saturated heterocycles. The summed E-state index contributed by atoms with van der Waals surface area (Å²) in [5.41, 5.74) is 5.86. The summed E-state index contributed by atoms with van der Waals surface area (Å²) < 4.78 is 5.05. The summed E-state index contributed by atoms with van der Waals surface area (Å²) in [7, 11) is 1.60. The lowest BCUT2D eigenvalue weighted by atomic mass is 9.92. The lowest BCUT2D eigenvalue weighted by Crippen LogP contribution is -2.33. The highest BCUT2D eigenvalue weighted by molar-refractivity contribution is 5.28. The molecular formula is C11H18N4O. The fraction of sp³-hybridized carbons (Fsp3) is 0.636. The quantitative estimate of drug-likeness (QED) is 0.803. The Kier molecular flexibility index (Phi) is 3.56. The first kappa shape index (κ1) is 11.1. The first-order valence-electron chi connectivity index (χ1n) is 5.67. The molecule has 0 amide bonds. The number of rotatable bonds is 3. The Hall–Kier alpha value is -1.36. The van der Waals surface area contributed by atoms with Crippen molar-refractivity contribution in [1.29, 1.82) is 0 Å². The highest BCUT2D eigenvalue weighted by atomic mass is 16.5. The number of anilines is 1. The van der Waals surface area contributed by atoms with E-state index in [1.807, 2.05) is 0 Å². The van der Waals surface area contributed by atoms with E-state index in [0.717, 1.165) is 25.7 Å². The molecule has 1 aliphatic carbocycles. The zero-order valence-electron chi connectivity index (χ0n) is 9.52. The van der Waals surface area contributed by atoms with E-state index in [2.05, 4.69) is 15.3 Å². The molecule has 5 nitrogen and oxygen atoms in total. The van der Waals surface area contributed by atoms with Crippen molar-refractivity contribution >= 4 is 5.95 Å². The van der Waals surface area contributed by atoms with Crippen molar-refractivity contribution in [2.75, 3.05) is 12.4 Å². The Bertz CT molecular complexity index is 337. The zero-order chi connectivity index (χ0) is 11.4. The molecule has 1 aromatic heterocycles. The van der Waals surface area contributed by atoms with E-state index in [1.165, 1.54) is 0 Å². The van der Waals surface area contributed by atoms with Gasteiger partial charge in [-0.05, 0) is 25.7 Å². The minimum atomic E-state index is 0.365. The van der Waals surface area contributed by atoms with Crippen molar-refractivity contribution < 1.29 is 4.74 Å². The maximum absolute atomic E-state index is 5.86. The molecule has 0 atom stereocenters. The van der Waals surface area contributed by atoms with E-state index in [-0.39, 0.29) is 0 Å². The molecule has 1 heterocycles. The van der Waals surface area contributed by atoms with Crippen molar-refractivity contribution in [2.45, 2.75) is 37.8 Å². The summed E-state index contributed by atoms with van der Waals surface area (Å²) in [5, 5.41) is 3.32. The normalized spacial score (nSPS) is 25.1. The average molecular weight is 222 g/mol. The highest BCUT2D eigenvalue weighted by Crippen LogP contribution is 2.20. The third-order valence-electron chi connectivity index (χ3n) is 2.94. The summed E-state index contributed by atoms with van der Waals surface area (Å²) in [6.07, 6.45) is 6.01. The minimum Gasteiger partial charge on any atom is -0.481 e. The third-order valence-corrected chi connectivity index (χ3v) is 2.94. The molecule has 88 valence electrons. The van der Waals surface area contributed by atoms with E-state index >= 15 is 0 Å². The van der Waals surface area contributed by atoms with E-state index in [4.69, 9.17) is 10.5 Å². The van der Waals surface area contributed by atoms with Crippen LogP contribution in [0.3, 0.4) is 0 Å². The molecular weight excluding hydrogens is 204 g/mol. The Morgan fingerprint density at radius 2 is 2.12 bits per heavy atom. The summed E-state index contributed by atoms with van der Waals surface area (Å²) in [4.78, 5) is 8.40. The van der Waals surface area contributed by atoms with Gasteiger partial charge in [-0.25, -0.2) is 4.98 Å². The van der Waals surface area contributed by atoms with Crippen molar-refractivity contribution in [3.63, 3.8) is 0 Å². The van der Waals surface area contributed by atoms with Crippen LogP contribution in [-0.2, 0) is 0 Å². The maximum atomic E-state index is 5.86. The van der Waals surface area contributed by atoms with Gasteiger partial charge >= 0.3 is 0 Å². The Morgan fingerprint density at radius 3 is 2.81 bits per heavy atom. The van der Waals surface area contributed by atoms with Gasteiger partial charge in [-0.1, -0.05) is 0 Å². The number of nitrogens with two attached hydrogens (primary N) is 1. The van der Waals surface area contributed by atoms with Gasteiger partial charge in [0, 0.05) is 24.3 Å². The molecule has 0 aliphatic heterocycles.